The maximum Gasteiger partial charge on any atom is 0.332 e. The van der Waals surface area contributed by atoms with Crippen LogP contribution in [0.25, 0.3) is 5.65 Å². The molecule has 7 heteroatoms. The van der Waals surface area contributed by atoms with Crippen LogP contribution in [0.1, 0.15) is 18.2 Å². The predicted molar refractivity (Wildman–Crippen MR) is 90.9 cm³/mol. The summed E-state index contributed by atoms with van der Waals surface area (Å²) in [7, 11) is 0. The molecule has 0 radical (unpaired) electrons. The molecule has 2 heterocycles. The van der Waals surface area contributed by atoms with Gasteiger partial charge in [0.1, 0.15) is 18.0 Å². The SMILES string of the molecule is CC(=NNC(N)=O)c1cccc(OCc2cn3ccccc3n2)c1. The van der Waals surface area contributed by atoms with Crippen molar-refractivity contribution < 1.29 is 9.53 Å². The van der Waals surface area contributed by atoms with E-state index in [2.05, 4.69) is 15.5 Å². The first kappa shape index (κ1) is 15.5. The van der Waals surface area contributed by atoms with E-state index in [0.717, 1.165) is 16.9 Å². The van der Waals surface area contributed by atoms with Gasteiger partial charge in [-0.15, -0.1) is 0 Å². The lowest BCUT2D eigenvalue weighted by Gasteiger charge is -2.07. The maximum atomic E-state index is 10.7. The number of imidazole rings is 1. The van der Waals surface area contributed by atoms with Gasteiger partial charge in [0.15, 0.2) is 0 Å². The third-order valence-corrected chi connectivity index (χ3v) is 3.39. The minimum absolute atomic E-state index is 0.362. The Morgan fingerprint density at radius 2 is 2.21 bits per heavy atom. The number of hydrogen-bond donors (Lipinski definition) is 2. The van der Waals surface area contributed by atoms with E-state index < -0.39 is 6.03 Å². The number of amides is 2. The third kappa shape index (κ3) is 3.70. The van der Waals surface area contributed by atoms with Gasteiger partial charge in [-0.3, -0.25) is 0 Å². The summed E-state index contributed by atoms with van der Waals surface area (Å²) in [6.07, 6.45) is 3.88. The second-order valence-electron chi connectivity index (χ2n) is 5.19. The first-order chi connectivity index (χ1) is 11.6. The topological polar surface area (TPSA) is 94.0 Å². The molecular formula is C17H17N5O2. The number of nitrogens with zero attached hydrogens (tertiary/aromatic N) is 3. The molecule has 3 N–H and O–H groups in total. The number of rotatable bonds is 5. The summed E-state index contributed by atoms with van der Waals surface area (Å²) in [6, 6.07) is 12.6. The number of aromatic nitrogens is 2. The van der Waals surface area contributed by atoms with E-state index in [9.17, 15) is 4.79 Å². The molecule has 0 saturated heterocycles. The normalized spacial score (nSPS) is 11.5. The Bertz CT molecular complexity index is 868. The molecule has 0 saturated carbocycles. The summed E-state index contributed by atoms with van der Waals surface area (Å²) in [6.45, 7) is 2.14. The van der Waals surface area contributed by atoms with E-state index in [1.54, 1.807) is 6.92 Å². The van der Waals surface area contributed by atoms with Gasteiger partial charge in [-0.2, -0.15) is 5.10 Å². The number of nitrogens with two attached hydrogens (primary N) is 1. The summed E-state index contributed by atoms with van der Waals surface area (Å²) in [5.74, 6) is 0.693. The standard InChI is InChI=1S/C17H17N5O2/c1-12(20-21-17(18)23)13-5-4-6-15(9-13)24-11-14-10-22-8-3-2-7-16(22)19-14/h2-10H,11H2,1H3,(H3,18,21,23). The van der Waals surface area contributed by atoms with Crippen LogP contribution in [-0.4, -0.2) is 21.1 Å². The highest BCUT2D eigenvalue weighted by molar-refractivity contribution is 5.99. The van der Waals surface area contributed by atoms with Crippen molar-refractivity contribution in [3.63, 3.8) is 0 Å². The van der Waals surface area contributed by atoms with Crippen molar-refractivity contribution in [3.8, 4) is 5.75 Å². The summed E-state index contributed by atoms with van der Waals surface area (Å²) in [5.41, 5.74) is 10.4. The van der Waals surface area contributed by atoms with Gasteiger partial charge in [0.05, 0.1) is 11.4 Å². The second-order valence-corrected chi connectivity index (χ2v) is 5.19. The first-order valence-electron chi connectivity index (χ1n) is 7.37. The Morgan fingerprint density at radius 3 is 3.00 bits per heavy atom. The molecule has 0 aliphatic heterocycles. The van der Waals surface area contributed by atoms with Gasteiger partial charge in [0.2, 0.25) is 0 Å². The number of carbonyl (C=O) groups is 1. The fourth-order valence-electron chi connectivity index (χ4n) is 2.23. The van der Waals surface area contributed by atoms with E-state index in [-0.39, 0.29) is 0 Å². The monoisotopic (exact) mass is 323 g/mol. The van der Waals surface area contributed by atoms with Crippen LogP contribution in [0.5, 0.6) is 5.75 Å². The van der Waals surface area contributed by atoms with Crippen molar-refractivity contribution in [1.29, 1.82) is 0 Å². The molecule has 3 aromatic rings. The quantitative estimate of drug-likeness (QED) is 0.557. The van der Waals surface area contributed by atoms with E-state index >= 15 is 0 Å². The van der Waals surface area contributed by atoms with E-state index in [1.807, 2.05) is 59.3 Å². The number of hydrogen-bond acceptors (Lipinski definition) is 4. The molecule has 24 heavy (non-hydrogen) atoms. The number of primary amides is 1. The van der Waals surface area contributed by atoms with Crippen LogP contribution >= 0.6 is 0 Å². The maximum absolute atomic E-state index is 10.7. The molecule has 2 aromatic heterocycles. The zero-order valence-corrected chi connectivity index (χ0v) is 13.1. The zero-order chi connectivity index (χ0) is 16.9. The highest BCUT2D eigenvalue weighted by Gasteiger charge is 2.04. The Labute approximate surface area is 138 Å². The predicted octanol–water partition coefficient (Wildman–Crippen LogP) is 2.31. The number of pyridine rings is 1. The number of ether oxygens (including phenoxy) is 1. The summed E-state index contributed by atoms with van der Waals surface area (Å²) in [4.78, 5) is 15.2. The number of urea groups is 1. The van der Waals surface area contributed by atoms with Crippen molar-refractivity contribution in [1.82, 2.24) is 14.8 Å². The van der Waals surface area contributed by atoms with Gasteiger partial charge in [-0.1, -0.05) is 18.2 Å². The highest BCUT2D eigenvalue weighted by Crippen LogP contribution is 2.16. The van der Waals surface area contributed by atoms with Crippen LogP contribution in [-0.2, 0) is 6.61 Å². The average Bonchev–Trinajstić information content (AvgIpc) is 3.01. The van der Waals surface area contributed by atoms with Crippen molar-refractivity contribution in [2.45, 2.75) is 13.5 Å². The highest BCUT2D eigenvalue weighted by atomic mass is 16.5. The van der Waals surface area contributed by atoms with Crippen molar-refractivity contribution in [2.24, 2.45) is 10.8 Å². The lowest BCUT2D eigenvalue weighted by Crippen LogP contribution is -2.25. The van der Waals surface area contributed by atoms with E-state index in [0.29, 0.717) is 18.1 Å². The second kappa shape index (κ2) is 6.82. The van der Waals surface area contributed by atoms with Crippen LogP contribution in [0.15, 0.2) is 60.0 Å². The van der Waals surface area contributed by atoms with Gasteiger partial charge in [0, 0.05) is 18.0 Å². The van der Waals surface area contributed by atoms with Gasteiger partial charge in [-0.25, -0.2) is 15.2 Å². The van der Waals surface area contributed by atoms with Crippen LogP contribution in [0.3, 0.4) is 0 Å². The average molecular weight is 323 g/mol. The molecule has 0 spiro atoms. The molecule has 0 atom stereocenters. The number of hydrazone groups is 1. The largest absolute Gasteiger partial charge is 0.487 e. The Hall–Kier alpha value is -3.35. The fourth-order valence-corrected chi connectivity index (χ4v) is 2.23. The molecule has 122 valence electrons. The molecule has 0 unspecified atom stereocenters. The molecule has 0 bridgehead atoms. The number of carbonyl (C=O) groups excluding carboxylic acids is 1. The Balaban J connectivity index is 1.70. The molecule has 7 nitrogen and oxygen atoms in total. The first-order valence-corrected chi connectivity index (χ1v) is 7.37. The molecule has 3 rings (SSSR count). The van der Waals surface area contributed by atoms with Crippen LogP contribution in [0.4, 0.5) is 4.79 Å². The molecule has 0 aliphatic carbocycles. The molecule has 1 aromatic carbocycles. The minimum Gasteiger partial charge on any atom is -0.487 e. The number of fused-ring (bicyclic) bond motifs is 1. The van der Waals surface area contributed by atoms with E-state index in [1.165, 1.54) is 0 Å². The Kier molecular flexibility index (Phi) is 4.42. The summed E-state index contributed by atoms with van der Waals surface area (Å²) < 4.78 is 7.74. The lowest BCUT2D eigenvalue weighted by molar-refractivity contribution is 0.249. The number of benzene rings is 1. The van der Waals surface area contributed by atoms with Crippen LogP contribution < -0.4 is 15.9 Å². The fraction of sp³-hybridized carbons (Fsp3) is 0.118. The minimum atomic E-state index is -0.700. The van der Waals surface area contributed by atoms with Gasteiger partial charge < -0.3 is 14.9 Å². The smallest absolute Gasteiger partial charge is 0.332 e. The third-order valence-electron chi connectivity index (χ3n) is 3.39. The van der Waals surface area contributed by atoms with Gasteiger partial charge in [0.25, 0.3) is 0 Å². The summed E-state index contributed by atoms with van der Waals surface area (Å²) in [5, 5.41) is 3.90. The zero-order valence-electron chi connectivity index (χ0n) is 13.1. The van der Waals surface area contributed by atoms with Crippen molar-refractivity contribution >= 4 is 17.4 Å². The van der Waals surface area contributed by atoms with Crippen LogP contribution in [0, 0.1) is 0 Å². The Morgan fingerprint density at radius 1 is 1.33 bits per heavy atom. The van der Waals surface area contributed by atoms with Crippen molar-refractivity contribution in [3.05, 3.63) is 66.1 Å². The molecular weight excluding hydrogens is 306 g/mol. The summed E-state index contributed by atoms with van der Waals surface area (Å²) >= 11 is 0. The van der Waals surface area contributed by atoms with Gasteiger partial charge >= 0.3 is 6.03 Å². The van der Waals surface area contributed by atoms with Crippen molar-refractivity contribution in [2.75, 3.05) is 0 Å². The lowest BCUT2D eigenvalue weighted by atomic mass is 10.1. The molecule has 2 amide bonds. The van der Waals surface area contributed by atoms with Gasteiger partial charge in [-0.05, 0) is 31.2 Å². The molecule has 0 aliphatic rings. The molecule has 0 fully saturated rings. The van der Waals surface area contributed by atoms with Crippen LogP contribution in [0.2, 0.25) is 0 Å². The number of nitrogens with one attached hydrogen (secondary N) is 1. The van der Waals surface area contributed by atoms with E-state index in [4.69, 9.17) is 10.5 Å².